The van der Waals surface area contributed by atoms with Crippen molar-refractivity contribution in [2.75, 3.05) is 7.11 Å². The molecule has 27 heavy (non-hydrogen) atoms. The average molecular weight is 402 g/mol. The van der Waals surface area contributed by atoms with Gasteiger partial charge in [-0.25, -0.2) is 10.4 Å². The number of aromatic nitrogens is 1. The van der Waals surface area contributed by atoms with Crippen LogP contribution in [-0.2, 0) is 0 Å². The number of nitrogens with one attached hydrogen (secondary N) is 1. The summed E-state index contributed by atoms with van der Waals surface area (Å²) in [6.45, 7) is 1.78. The monoisotopic (exact) mass is 401 g/mol. The minimum absolute atomic E-state index is 0.0358. The SMILES string of the molecule is COc1cc(/C=N/NC(=O)c2sc(-c3ccc(Cl)cc3)nc2C)ccc1O. The van der Waals surface area contributed by atoms with E-state index < -0.39 is 0 Å². The van der Waals surface area contributed by atoms with E-state index in [1.54, 1.807) is 31.2 Å². The second-order valence-electron chi connectivity index (χ2n) is 5.57. The second-order valence-corrected chi connectivity index (χ2v) is 7.01. The van der Waals surface area contributed by atoms with Gasteiger partial charge in [-0.3, -0.25) is 4.79 Å². The molecule has 8 heteroatoms. The minimum Gasteiger partial charge on any atom is -0.504 e. The first kappa shape index (κ1) is 18.9. The number of phenols is 1. The molecule has 0 saturated carbocycles. The van der Waals surface area contributed by atoms with Crippen LogP contribution in [0.15, 0.2) is 47.6 Å². The first-order chi connectivity index (χ1) is 13.0. The lowest BCUT2D eigenvalue weighted by atomic mass is 10.2. The molecule has 0 unspecified atom stereocenters. The van der Waals surface area contributed by atoms with Crippen LogP contribution < -0.4 is 10.2 Å². The third-order valence-corrected chi connectivity index (χ3v) is 5.13. The van der Waals surface area contributed by atoms with Crippen molar-refractivity contribution in [1.29, 1.82) is 0 Å². The predicted octanol–water partition coefficient (Wildman–Crippen LogP) is 4.25. The Bertz CT molecular complexity index is 1000. The van der Waals surface area contributed by atoms with Crippen molar-refractivity contribution in [1.82, 2.24) is 10.4 Å². The van der Waals surface area contributed by atoms with E-state index in [0.717, 1.165) is 10.6 Å². The van der Waals surface area contributed by atoms with Gasteiger partial charge < -0.3 is 9.84 Å². The number of hydrazone groups is 1. The highest BCUT2D eigenvalue weighted by Crippen LogP contribution is 2.29. The number of halogens is 1. The number of nitrogens with zero attached hydrogens (tertiary/aromatic N) is 2. The van der Waals surface area contributed by atoms with Gasteiger partial charge in [-0.2, -0.15) is 5.10 Å². The smallest absolute Gasteiger partial charge is 0.283 e. The summed E-state index contributed by atoms with van der Waals surface area (Å²) < 4.78 is 5.04. The van der Waals surface area contributed by atoms with Gasteiger partial charge in [0.05, 0.1) is 19.0 Å². The first-order valence-corrected chi connectivity index (χ1v) is 9.11. The molecule has 138 valence electrons. The topological polar surface area (TPSA) is 83.8 Å². The number of rotatable bonds is 5. The summed E-state index contributed by atoms with van der Waals surface area (Å²) >= 11 is 7.19. The number of aromatic hydroxyl groups is 1. The summed E-state index contributed by atoms with van der Waals surface area (Å²) in [7, 11) is 1.46. The Balaban J connectivity index is 1.72. The Morgan fingerprint density at radius 3 is 2.74 bits per heavy atom. The lowest BCUT2D eigenvalue weighted by Gasteiger charge is -2.03. The maximum atomic E-state index is 12.4. The fourth-order valence-corrected chi connectivity index (χ4v) is 3.40. The number of phenolic OH excluding ortho intramolecular Hbond substituents is 1. The molecule has 1 aromatic heterocycles. The lowest BCUT2D eigenvalue weighted by molar-refractivity contribution is 0.0958. The van der Waals surface area contributed by atoms with E-state index in [1.807, 2.05) is 12.1 Å². The quantitative estimate of drug-likeness (QED) is 0.494. The van der Waals surface area contributed by atoms with Crippen LogP contribution in [0.1, 0.15) is 20.9 Å². The molecule has 2 aromatic carbocycles. The highest BCUT2D eigenvalue weighted by molar-refractivity contribution is 7.17. The highest BCUT2D eigenvalue weighted by Gasteiger charge is 2.15. The van der Waals surface area contributed by atoms with Crippen LogP contribution in [0.5, 0.6) is 11.5 Å². The molecular formula is C19H16ClN3O3S. The molecular weight excluding hydrogens is 386 g/mol. The zero-order chi connectivity index (χ0) is 19.4. The Labute approximate surface area is 165 Å². The van der Waals surface area contributed by atoms with E-state index >= 15 is 0 Å². The number of ether oxygens (including phenoxy) is 1. The predicted molar refractivity (Wildman–Crippen MR) is 107 cm³/mol. The molecule has 0 aliphatic heterocycles. The highest BCUT2D eigenvalue weighted by atomic mass is 35.5. The molecule has 3 rings (SSSR count). The second kappa shape index (κ2) is 8.20. The Kier molecular flexibility index (Phi) is 5.73. The fourth-order valence-electron chi connectivity index (χ4n) is 2.31. The number of hydrogen-bond acceptors (Lipinski definition) is 6. The molecule has 0 atom stereocenters. The summed E-state index contributed by atoms with van der Waals surface area (Å²) in [5, 5.41) is 14.9. The zero-order valence-electron chi connectivity index (χ0n) is 14.6. The van der Waals surface area contributed by atoms with Crippen molar-refractivity contribution in [2.24, 2.45) is 5.10 Å². The number of amides is 1. The largest absolute Gasteiger partial charge is 0.504 e. The minimum atomic E-state index is -0.341. The lowest BCUT2D eigenvalue weighted by Crippen LogP contribution is -2.17. The van der Waals surface area contributed by atoms with Crippen LogP contribution in [-0.4, -0.2) is 29.3 Å². The van der Waals surface area contributed by atoms with E-state index in [-0.39, 0.29) is 11.7 Å². The van der Waals surface area contributed by atoms with Gasteiger partial charge in [0.2, 0.25) is 0 Å². The first-order valence-electron chi connectivity index (χ1n) is 7.91. The Hall–Kier alpha value is -2.90. The van der Waals surface area contributed by atoms with Crippen molar-refractivity contribution < 1.29 is 14.6 Å². The van der Waals surface area contributed by atoms with Crippen LogP contribution in [0.3, 0.4) is 0 Å². The van der Waals surface area contributed by atoms with E-state index in [4.69, 9.17) is 16.3 Å². The van der Waals surface area contributed by atoms with E-state index in [0.29, 0.717) is 26.9 Å². The van der Waals surface area contributed by atoms with Gasteiger partial charge in [-0.05, 0) is 42.8 Å². The molecule has 0 aliphatic carbocycles. The maximum absolute atomic E-state index is 12.4. The summed E-state index contributed by atoms with van der Waals surface area (Å²) in [6.07, 6.45) is 1.47. The molecule has 0 aliphatic rings. The zero-order valence-corrected chi connectivity index (χ0v) is 16.1. The van der Waals surface area contributed by atoms with Gasteiger partial charge in [-0.1, -0.05) is 23.7 Å². The maximum Gasteiger partial charge on any atom is 0.283 e. The molecule has 6 nitrogen and oxygen atoms in total. The van der Waals surface area contributed by atoms with Crippen molar-refractivity contribution in [3.63, 3.8) is 0 Å². The van der Waals surface area contributed by atoms with Gasteiger partial charge in [-0.15, -0.1) is 11.3 Å². The van der Waals surface area contributed by atoms with Crippen LogP contribution in [0.4, 0.5) is 0 Å². The number of carbonyl (C=O) groups excluding carboxylic acids is 1. The normalized spacial score (nSPS) is 10.9. The summed E-state index contributed by atoms with van der Waals surface area (Å²) in [4.78, 5) is 17.3. The van der Waals surface area contributed by atoms with E-state index in [2.05, 4.69) is 15.5 Å². The summed E-state index contributed by atoms with van der Waals surface area (Å²) in [5.74, 6) is 0.0251. The van der Waals surface area contributed by atoms with Gasteiger partial charge in [0.25, 0.3) is 5.91 Å². The number of benzene rings is 2. The fraction of sp³-hybridized carbons (Fsp3) is 0.105. The molecule has 0 fully saturated rings. The number of hydrogen-bond donors (Lipinski definition) is 2. The molecule has 0 saturated heterocycles. The summed E-state index contributed by atoms with van der Waals surface area (Å²) in [5.41, 5.74) is 4.69. The van der Waals surface area contributed by atoms with E-state index in [9.17, 15) is 9.90 Å². The standard InChI is InChI=1S/C19H16ClN3O3S/c1-11-17(27-19(22-11)13-4-6-14(20)7-5-13)18(25)23-21-10-12-3-8-15(24)16(9-12)26-2/h3-10,24H,1-2H3,(H,23,25)/b21-10+. The van der Waals surface area contributed by atoms with Crippen molar-refractivity contribution >= 4 is 35.1 Å². The van der Waals surface area contributed by atoms with Crippen LogP contribution >= 0.6 is 22.9 Å². The van der Waals surface area contributed by atoms with Crippen LogP contribution in [0.2, 0.25) is 5.02 Å². The van der Waals surface area contributed by atoms with Crippen LogP contribution in [0.25, 0.3) is 10.6 Å². The van der Waals surface area contributed by atoms with Crippen molar-refractivity contribution in [2.45, 2.75) is 6.92 Å². The number of methoxy groups -OCH3 is 1. The van der Waals surface area contributed by atoms with Gasteiger partial charge in [0.1, 0.15) is 9.88 Å². The molecule has 3 aromatic rings. The average Bonchev–Trinajstić information content (AvgIpc) is 3.05. The van der Waals surface area contributed by atoms with Gasteiger partial charge in [0, 0.05) is 10.6 Å². The molecule has 1 amide bonds. The molecule has 0 spiro atoms. The number of aryl methyl sites for hydroxylation is 1. The van der Waals surface area contributed by atoms with E-state index in [1.165, 1.54) is 30.7 Å². The molecule has 1 heterocycles. The summed E-state index contributed by atoms with van der Waals surface area (Å²) in [6, 6.07) is 12.0. The van der Waals surface area contributed by atoms with Gasteiger partial charge >= 0.3 is 0 Å². The molecule has 0 radical (unpaired) electrons. The van der Waals surface area contributed by atoms with Crippen LogP contribution in [0, 0.1) is 6.92 Å². The number of carbonyl (C=O) groups is 1. The Morgan fingerprint density at radius 2 is 2.04 bits per heavy atom. The Morgan fingerprint density at radius 1 is 1.30 bits per heavy atom. The van der Waals surface area contributed by atoms with Crippen molar-refractivity contribution in [3.8, 4) is 22.1 Å². The van der Waals surface area contributed by atoms with Gasteiger partial charge in [0.15, 0.2) is 11.5 Å². The molecule has 2 N–H and O–H groups in total. The third kappa shape index (κ3) is 4.45. The van der Waals surface area contributed by atoms with Crippen molar-refractivity contribution in [3.05, 3.63) is 63.6 Å². The number of thiazole rings is 1. The third-order valence-electron chi connectivity index (χ3n) is 3.68. The molecule has 0 bridgehead atoms.